The Kier molecular flexibility index (Phi) is 6.68. The molecular formula is C16H28N2O2S. The molecule has 0 fully saturated rings. The van der Waals surface area contributed by atoms with Crippen LogP contribution in [-0.4, -0.2) is 35.7 Å². The second-order valence-electron chi connectivity index (χ2n) is 6.47. The van der Waals surface area contributed by atoms with E-state index in [-0.39, 0.29) is 12.1 Å². The maximum absolute atomic E-state index is 12.2. The minimum Gasteiger partial charge on any atom is -0.444 e. The summed E-state index contributed by atoms with van der Waals surface area (Å²) in [4.78, 5) is 15.3. The molecule has 0 atom stereocenters. The number of ether oxygens (including phenoxy) is 1. The Labute approximate surface area is 132 Å². The Hall–Kier alpha value is -1.07. The lowest BCUT2D eigenvalue weighted by Crippen LogP contribution is -2.44. The normalized spacial score (nSPS) is 11.8. The number of hydrogen-bond acceptors (Lipinski definition) is 4. The fraction of sp³-hybridized carbons (Fsp3) is 0.688. The number of thiophene rings is 1. The third-order valence-corrected chi connectivity index (χ3v) is 4.06. The summed E-state index contributed by atoms with van der Waals surface area (Å²) in [6.45, 7) is 14.1. The Bertz CT molecular complexity index is 449. The van der Waals surface area contributed by atoms with Crippen LogP contribution in [0.1, 0.15) is 45.1 Å². The molecule has 1 amide bonds. The van der Waals surface area contributed by atoms with Gasteiger partial charge in [0, 0.05) is 30.6 Å². The molecule has 1 aromatic rings. The van der Waals surface area contributed by atoms with Crippen molar-refractivity contribution in [2.75, 3.05) is 13.1 Å². The van der Waals surface area contributed by atoms with Crippen molar-refractivity contribution in [1.82, 2.24) is 10.2 Å². The molecule has 0 bridgehead atoms. The van der Waals surface area contributed by atoms with Crippen LogP contribution in [0.15, 0.2) is 11.4 Å². The molecule has 0 radical (unpaired) electrons. The van der Waals surface area contributed by atoms with Crippen molar-refractivity contribution in [2.45, 2.75) is 59.7 Å². The molecule has 5 heteroatoms. The summed E-state index contributed by atoms with van der Waals surface area (Å²) in [5.74, 6) is 0. The largest absolute Gasteiger partial charge is 0.444 e. The number of amides is 1. The quantitative estimate of drug-likeness (QED) is 0.813. The van der Waals surface area contributed by atoms with Crippen LogP contribution in [0.3, 0.4) is 0 Å². The molecular weight excluding hydrogens is 284 g/mol. The number of hydrogen-bond donors (Lipinski definition) is 1. The van der Waals surface area contributed by atoms with Crippen LogP contribution in [0.4, 0.5) is 4.79 Å². The second-order valence-corrected chi connectivity index (χ2v) is 7.47. The molecule has 1 rings (SSSR count). The van der Waals surface area contributed by atoms with Gasteiger partial charge in [0.1, 0.15) is 5.60 Å². The van der Waals surface area contributed by atoms with E-state index in [4.69, 9.17) is 4.74 Å². The number of aryl methyl sites for hydroxylation is 1. The SMILES string of the molecule is Cc1ccsc1CNCCN(C(=O)OC(C)(C)C)C(C)C. The zero-order valence-electron chi connectivity index (χ0n) is 14.0. The monoisotopic (exact) mass is 312 g/mol. The number of nitrogens with zero attached hydrogens (tertiary/aromatic N) is 1. The number of nitrogens with one attached hydrogen (secondary N) is 1. The predicted octanol–water partition coefficient (Wildman–Crippen LogP) is 3.79. The van der Waals surface area contributed by atoms with Gasteiger partial charge in [-0.3, -0.25) is 0 Å². The van der Waals surface area contributed by atoms with Crippen LogP contribution >= 0.6 is 11.3 Å². The highest BCUT2D eigenvalue weighted by molar-refractivity contribution is 7.10. The zero-order chi connectivity index (χ0) is 16.0. The number of carbonyl (C=O) groups is 1. The number of rotatable bonds is 6. The zero-order valence-corrected chi connectivity index (χ0v) is 14.8. The van der Waals surface area contributed by atoms with E-state index < -0.39 is 5.60 Å². The fourth-order valence-corrected chi connectivity index (χ4v) is 2.74. The molecule has 1 aromatic heterocycles. The maximum Gasteiger partial charge on any atom is 0.410 e. The van der Waals surface area contributed by atoms with Crippen molar-refractivity contribution >= 4 is 17.4 Å². The lowest BCUT2D eigenvalue weighted by atomic mass is 10.2. The predicted molar refractivity (Wildman–Crippen MR) is 88.8 cm³/mol. The molecule has 0 aliphatic carbocycles. The summed E-state index contributed by atoms with van der Waals surface area (Å²) < 4.78 is 5.44. The average Bonchev–Trinajstić information content (AvgIpc) is 2.71. The van der Waals surface area contributed by atoms with E-state index >= 15 is 0 Å². The van der Waals surface area contributed by atoms with Gasteiger partial charge in [0.25, 0.3) is 0 Å². The van der Waals surface area contributed by atoms with Gasteiger partial charge in [0.05, 0.1) is 0 Å². The van der Waals surface area contributed by atoms with Gasteiger partial charge in [-0.1, -0.05) is 0 Å². The van der Waals surface area contributed by atoms with Gasteiger partial charge in [-0.25, -0.2) is 4.79 Å². The van der Waals surface area contributed by atoms with Crippen molar-refractivity contribution in [2.24, 2.45) is 0 Å². The Morgan fingerprint density at radius 2 is 2.10 bits per heavy atom. The molecule has 4 nitrogen and oxygen atoms in total. The average molecular weight is 312 g/mol. The minimum absolute atomic E-state index is 0.130. The molecule has 0 spiro atoms. The summed E-state index contributed by atoms with van der Waals surface area (Å²) in [7, 11) is 0. The maximum atomic E-state index is 12.2. The van der Waals surface area contributed by atoms with Gasteiger partial charge in [-0.2, -0.15) is 0 Å². The van der Waals surface area contributed by atoms with Gasteiger partial charge >= 0.3 is 6.09 Å². The molecule has 120 valence electrons. The van der Waals surface area contributed by atoms with Gasteiger partial charge in [-0.15, -0.1) is 11.3 Å². The van der Waals surface area contributed by atoms with Crippen LogP contribution in [0.5, 0.6) is 0 Å². The van der Waals surface area contributed by atoms with Crippen LogP contribution in [0.25, 0.3) is 0 Å². The molecule has 0 aliphatic rings. The summed E-state index contributed by atoms with van der Waals surface area (Å²) in [5, 5.41) is 5.50. The van der Waals surface area contributed by atoms with E-state index in [0.717, 1.165) is 13.1 Å². The molecule has 0 unspecified atom stereocenters. The van der Waals surface area contributed by atoms with Gasteiger partial charge in [0.15, 0.2) is 0 Å². The summed E-state index contributed by atoms with van der Waals surface area (Å²) in [6.07, 6.45) is -0.244. The van der Waals surface area contributed by atoms with E-state index in [1.165, 1.54) is 10.4 Å². The molecule has 1 N–H and O–H groups in total. The molecule has 0 saturated carbocycles. The third-order valence-electron chi connectivity index (χ3n) is 3.03. The Balaban J connectivity index is 2.41. The van der Waals surface area contributed by atoms with E-state index in [9.17, 15) is 4.79 Å². The Morgan fingerprint density at radius 3 is 2.57 bits per heavy atom. The Morgan fingerprint density at radius 1 is 1.43 bits per heavy atom. The highest BCUT2D eigenvalue weighted by Gasteiger charge is 2.23. The lowest BCUT2D eigenvalue weighted by Gasteiger charge is -2.30. The molecule has 21 heavy (non-hydrogen) atoms. The smallest absolute Gasteiger partial charge is 0.410 e. The van der Waals surface area contributed by atoms with Crippen LogP contribution in [-0.2, 0) is 11.3 Å². The van der Waals surface area contributed by atoms with Gasteiger partial charge in [0.2, 0.25) is 0 Å². The molecule has 1 heterocycles. The molecule has 0 aliphatic heterocycles. The van der Waals surface area contributed by atoms with E-state index in [2.05, 4.69) is 23.7 Å². The van der Waals surface area contributed by atoms with Crippen molar-refractivity contribution in [3.63, 3.8) is 0 Å². The van der Waals surface area contributed by atoms with Crippen molar-refractivity contribution in [3.8, 4) is 0 Å². The van der Waals surface area contributed by atoms with Crippen molar-refractivity contribution in [3.05, 3.63) is 21.9 Å². The topological polar surface area (TPSA) is 41.6 Å². The molecule has 0 aromatic carbocycles. The van der Waals surface area contributed by atoms with Crippen LogP contribution < -0.4 is 5.32 Å². The standard InChI is InChI=1S/C16H28N2O2S/c1-12(2)18(15(19)20-16(4,5)6)9-8-17-11-14-13(3)7-10-21-14/h7,10,12,17H,8-9,11H2,1-6H3. The van der Waals surface area contributed by atoms with E-state index in [1.54, 1.807) is 16.2 Å². The number of carbonyl (C=O) groups excluding carboxylic acids is 1. The fourth-order valence-electron chi connectivity index (χ4n) is 1.87. The van der Waals surface area contributed by atoms with E-state index in [0.29, 0.717) is 6.54 Å². The lowest BCUT2D eigenvalue weighted by molar-refractivity contribution is 0.0193. The first-order chi connectivity index (χ1) is 9.70. The van der Waals surface area contributed by atoms with Crippen molar-refractivity contribution in [1.29, 1.82) is 0 Å². The minimum atomic E-state index is -0.453. The third kappa shape index (κ3) is 6.48. The van der Waals surface area contributed by atoms with Gasteiger partial charge in [-0.05, 0) is 58.6 Å². The van der Waals surface area contributed by atoms with Gasteiger partial charge < -0.3 is 15.0 Å². The highest BCUT2D eigenvalue weighted by atomic mass is 32.1. The summed E-state index contributed by atoms with van der Waals surface area (Å²) in [6, 6.07) is 2.26. The first-order valence-electron chi connectivity index (χ1n) is 7.44. The van der Waals surface area contributed by atoms with E-state index in [1.807, 2.05) is 34.6 Å². The summed E-state index contributed by atoms with van der Waals surface area (Å²) >= 11 is 1.76. The highest BCUT2D eigenvalue weighted by Crippen LogP contribution is 2.15. The molecule has 0 saturated heterocycles. The first-order valence-corrected chi connectivity index (χ1v) is 8.32. The second kappa shape index (κ2) is 7.80. The van der Waals surface area contributed by atoms with Crippen LogP contribution in [0.2, 0.25) is 0 Å². The first kappa shape index (κ1) is 18.0. The van der Waals surface area contributed by atoms with Crippen LogP contribution in [0, 0.1) is 6.92 Å². The summed E-state index contributed by atoms with van der Waals surface area (Å²) in [5.41, 5.74) is 0.867. The van der Waals surface area contributed by atoms with Crippen molar-refractivity contribution < 1.29 is 9.53 Å².